The molecule has 2 atom stereocenters. The number of hydrogen-bond donors (Lipinski definition) is 0. The summed E-state index contributed by atoms with van der Waals surface area (Å²) >= 11 is 0. The van der Waals surface area contributed by atoms with Gasteiger partial charge in [0.05, 0.1) is 7.11 Å². The lowest BCUT2D eigenvalue weighted by Gasteiger charge is -2.25. The molecule has 0 aromatic heterocycles. The molecule has 1 aliphatic rings. The third-order valence-electron chi connectivity index (χ3n) is 3.43. The summed E-state index contributed by atoms with van der Waals surface area (Å²) in [5.74, 6) is -8.81. The van der Waals surface area contributed by atoms with E-state index in [0.29, 0.717) is 19.1 Å². The Kier molecular flexibility index (Phi) is 4.31. The smallest absolute Gasteiger partial charge is 0.186 e. The van der Waals surface area contributed by atoms with Gasteiger partial charge in [-0.2, -0.15) is 0 Å². The molecule has 0 heterocycles. The van der Waals surface area contributed by atoms with Crippen LogP contribution in [0, 0.1) is 11.6 Å². The molecule has 0 radical (unpaired) electrons. The maximum atomic E-state index is 13.9. The van der Waals surface area contributed by atoms with Gasteiger partial charge in [0.2, 0.25) is 0 Å². The Balaban J connectivity index is 2.44. The summed E-state index contributed by atoms with van der Waals surface area (Å²) in [4.78, 5) is 0. The number of hydrogen-bond acceptors (Lipinski definition) is 1. The number of ether oxygens (including phenoxy) is 1. The first-order valence-corrected chi connectivity index (χ1v) is 6.32. The number of allylic oxidation sites excluding steroid dienone is 4. The molecule has 0 bridgehead atoms. The van der Waals surface area contributed by atoms with Crippen LogP contribution in [0.3, 0.4) is 0 Å². The van der Waals surface area contributed by atoms with Gasteiger partial charge in [0, 0.05) is 17.9 Å². The largest absolute Gasteiger partial charge is 0.497 e. The van der Waals surface area contributed by atoms with E-state index in [1.54, 1.807) is 0 Å². The topological polar surface area (TPSA) is 9.23 Å². The second-order valence-corrected chi connectivity index (χ2v) is 5.09. The Morgan fingerprint density at radius 2 is 1.77 bits per heavy atom. The first-order chi connectivity index (χ1) is 10.2. The molecular formula is C14H11BF6O. The Morgan fingerprint density at radius 1 is 1.14 bits per heavy atom. The number of halogens is 6. The normalized spacial score (nSPS) is 25.1. The van der Waals surface area contributed by atoms with Gasteiger partial charge in [-0.05, 0) is 18.5 Å². The molecular weight excluding hydrogens is 309 g/mol. The first kappa shape index (κ1) is 16.5. The lowest BCUT2D eigenvalue weighted by atomic mass is 9.56. The van der Waals surface area contributed by atoms with Crippen LogP contribution in [0.1, 0.15) is 6.92 Å². The molecule has 22 heavy (non-hydrogen) atoms. The summed E-state index contributed by atoms with van der Waals surface area (Å²) < 4.78 is 86.5. The fourth-order valence-electron chi connectivity index (χ4n) is 2.28. The van der Waals surface area contributed by atoms with Crippen molar-refractivity contribution in [3.63, 3.8) is 0 Å². The maximum absolute atomic E-state index is 13.9. The van der Waals surface area contributed by atoms with Gasteiger partial charge in [-0.3, -0.25) is 0 Å². The molecule has 2 rings (SSSR count). The zero-order valence-corrected chi connectivity index (χ0v) is 11.7. The van der Waals surface area contributed by atoms with Crippen molar-refractivity contribution in [1.82, 2.24) is 0 Å². The van der Waals surface area contributed by atoms with Gasteiger partial charge in [-0.1, -0.05) is 0 Å². The highest BCUT2D eigenvalue weighted by Crippen LogP contribution is 2.43. The fraction of sp³-hybridized carbons (Fsp3) is 0.286. The Labute approximate surface area is 123 Å². The van der Waals surface area contributed by atoms with Crippen LogP contribution in [0.2, 0.25) is 5.82 Å². The van der Waals surface area contributed by atoms with Crippen molar-refractivity contribution in [1.29, 1.82) is 0 Å². The molecule has 0 aliphatic heterocycles. The monoisotopic (exact) mass is 320 g/mol. The molecule has 1 aliphatic carbocycles. The van der Waals surface area contributed by atoms with Gasteiger partial charge in [0.25, 0.3) is 0 Å². The predicted octanol–water partition coefficient (Wildman–Crippen LogP) is 3.57. The van der Waals surface area contributed by atoms with Crippen LogP contribution in [-0.4, -0.2) is 20.1 Å². The van der Waals surface area contributed by atoms with Crippen LogP contribution < -0.4 is 10.2 Å². The molecule has 118 valence electrons. The number of methoxy groups -OCH3 is 1. The third-order valence-corrected chi connectivity index (χ3v) is 3.43. The number of alkyl halides is 1. The van der Waals surface area contributed by atoms with E-state index in [1.807, 2.05) is 0 Å². The second-order valence-electron chi connectivity index (χ2n) is 5.09. The highest BCUT2D eigenvalue weighted by atomic mass is 19.2. The van der Waals surface area contributed by atoms with Crippen LogP contribution >= 0.6 is 0 Å². The van der Waals surface area contributed by atoms with Gasteiger partial charge in [-0.15, -0.1) is 0 Å². The lowest BCUT2D eigenvalue weighted by Crippen LogP contribution is -2.31. The Hall–Kier alpha value is -1.86. The molecule has 1 aromatic carbocycles. The molecule has 8 heteroatoms. The van der Waals surface area contributed by atoms with Gasteiger partial charge in [-0.25, -0.2) is 26.3 Å². The van der Waals surface area contributed by atoms with E-state index in [0.717, 1.165) is 13.2 Å². The quantitative estimate of drug-likeness (QED) is 0.611. The minimum atomic E-state index is -2.89. The van der Waals surface area contributed by atoms with E-state index in [1.165, 1.54) is 0 Å². The zero-order valence-electron chi connectivity index (χ0n) is 11.7. The van der Waals surface area contributed by atoms with E-state index in [4.69, 9.17) is 4.74 Å². The van der Waals surface area contributed by atoms with Gasteiger partial charge >= 0.3 is 0 Å². The van der Waals surface area contributed by atoms with E-state index < -0.39 is 47.9 Å². The van der Waals surface area contributed by atoms with Gasteiger partial charge in [0.1, 0.15) is 29.0 Å². The molecule has 0 spiro atoms. The molecule has 1 nitrogen and oxygen atoms in total. The molecule has 0 fully saturated rings. The molecule has 0 saturated carbocycles. The summed E-state index contributed by atoms with van der Waals surface area (Å²) in [5, 5.41) is 0. The van der Waals surface area contributed by atoms with E-state index in [-0.39, 0.29) is 11.2 Å². The molecule has 2 unspecified atom stereocenters. The molecule has 0 N–H and O–H groups in total. The third kappa shape index (κ3) is 2.87. The minimum Gasteiger partial charge on any atom is -0.497 e. The molecule has 0 saturated heterocycles. The van der Waals surface area contributed by atoms with Crippen LogP contribution in [0.4, 0.5) is 26.3 Å². The van der Waals surface area contributed by atoms with Gasteiger partial charge in [0.15, 0.2) is 18.8 Å². The summed E-state index contributed by atoms with van der Waals surface area (Å²) in [6.45, 7) is 0.663. The average molecular weight is 320 g/mol. The van der Waals surface area contributed by atoms with Gasteiger partial charge < -0.3 is 4.74 Å². The first-order valence-electron chi connectivity index (χ1n) is 6.32. The van der Waals surface area contributed by atoms with E-state index in [9.17, 15) is 26.3 Å². The maximum Gasteiger partial charge on any atom is 0.186 e. The highest BCUT2D eigenvalue weighted by molar-refractivity contribution is 6.57. The Bertz CT molecular complexity index is 668. The number of benzene rings is 1. The van der Waals surface area contributed by atoms with Crippen LogP contribution in [0.15, 0.2) is 35.7 Å². The fourth-order valence-corrected chi connectivity index (χ4v) is 2.28. The van der Waals surface area contributed by atoms with Crippen molar-refractivity contribution in [3.05, 3.63) is 47.3 Å². The predicted molar refractivity (Wildman–Crippen MR) is 71.4 cm³/mol. The summed E-state index contributed by atoms with van der Waals surface area (Å²) in [6.07, 6.45) is 0.296. The van der Waals surface area contributed by atoms with Crippen molar-refractivity contribution in [2.75, 3.05) is 7.11 Å². The van der Waals surface area contributed by atoms with Crippen LogP contribution in [0.25, 0.3) is 0 Å². The standard InChI is InChI=1S/C14H11BF6O/c1-14(21)5-8(18)11(12(19)13(14)20)15-10-7(17)3-6(16)4-9(10)22-2/h3-5,11,15H,1-2H3. The van der Waals surface area contributed by atoms with Crippen molar-refractivity contribution >= 4 is 12.7 Å². The van der Waals surface area contributed by atoms with Crippen molar-refractivity contribution < 1.29 is 31.1 Å². The molecule has 0 amide bonds. The summed E-state index contributed by atoms with van der Waals surface area (Å²) in [6, 6.07) is 1.35. The lowest BCUT2D eigenvalue weighted by molar-refractivity contribution is 0.233. The summed E-state index contributed by atoms with van der Waals surface area (Å²) in [5.41, 5.74) is -3.22. The second kappa shape index (κ2) is 5.74. The van der Waals surface area contributed by atoms with E-state index >= 15 is 0 Å². The van der Waals surface area contributed by atoms with Crippen LogP contribution in [-0.2, 0) is 0 Å². The number of rotatable bonds is 3. The summed E-state index contributed by atoms with van der Waals surface area (Å²) in [7, 11) is 0.448. The van der Waals surface area contributed by atoms with Crippen LogP contribution in [0.5, 0.6) is 5.75 Å². The zero-order chi connectivity index (χ0) is 16.7. The molecule has 1 aromatic rings. The van der Waals surface area contributed by atoms with Crippen molar-refractivity contribution in [2.45, 2.75) is 18.4 Å². The van der Waals surface area contributed by atoms with Crippen molar-refractivity contribution in [2.24, 2.45) is 0 Å². The average Bonchev–Trinajstić information content (AvgIpc) is 2.42. The van der Waals surface area contributed by atoms with Crippen molar-refractivity contribution in [3.8, 4) is 5.75 Å². The SMILES string of the molecule is COc1cc(F)cc(F)c1BC1C(F)=CC(C)(F)C(F)=C1F. The van der Waals surface area contributed by atoms with E-state index in [2.05, 4.69) is 0 Å². The minimum absolute atomic E-state index is 0.271. The highest BCUT2D eigenvalue weighted by Gasteiger charge is 2.41. The Morgan fingerprint density at radius 3 is 2.36 bits per heavy atom.